The number of esters is 2. The molecule has 0 N–H and O–H groups in total. The number of rotatable bonds is 5. The standard InChI is InChI=1S/C20H22N4O4/c1-3-28-20(26)14(12-21)17-18(23-16-7-5-4-6-15(16)22-17)24-10-8-13(9-11-24)19(25)27-2/h4-7,13-14H,3,8-11H2,1-2H3. The fraction of sp³-hybridized carbons (Fsp3) is 0.450. The molecule has 0 amide bonds. The maximum absolute atomic E-state index is 12.3. The molecule has 8 nitrogen and oxygen atoms in total. The van der Waals surface area contributed by atoms with E-state index < -0.39 is 11.9 Å². The van der Waals surface area contributed by atoms with Gasteiger partial charge in [-0.05, 0) is 31.9 Å². The van der Waals surface area contributed by atoms with Crippen LogP contribution in [0.3, 0.4) is 0 Å². The number of fused-ring (bicyclic) bond motifs is 1. The second kappa shape index (κ2) is 8.65. The average Bonchev–Trinajstić information content (AvgIpc) is 2.73. The molecule has 8 heteroatoms. The van der Waals surface area contributed by atoms with Crippen molar-refractivity contribution in [3.05, 3.63) is 30.0 Å². The second-order valence-electron chi connectivity index (χ2n) is 6.52. The summed E-state index contributed by atoms with van der Waals surface area (Å²) >= 11 is 0. The lowest BCUT2D eigenvalue weighted by atomic mass is 9.96. The number of nitriles is 1. The van der Waals surface area contributed by atoms with Crippen molar-refractivity contribution < 1.29 is 19.1 Å². The van der Waals surface area contributed by atoms with Gasteiger partial charge in [0.25, 0.3) is 0 Å². The number of carbonyl (C=O) groups is 2. The average molecular weight is 382 g/mol. The van der Waals surface area contributed by atoms with Crippen LogP contribution < -0.4 is 4.90 Å². The molecule has 146 valence electrons. The van der Waals surface area contributed by atoms with Crippen molar-refractivity contribution in [3.63, 3.8) is 0 Å². The predicted molar refractivity (Wildman–Crippen MR) is 101 cm³/mol. The van der Waals surface area contributed by atoms with Crippen molar-refractivity contribution in [3.8, 4) is 6.07 Å². The molecule has 0 bridgehead atoms. The molecule has 1 aromatic carbocycles. The van der Waals surface area contributed by atoms with Gasteiger partial charge in [0.1, 0.15) is 5.69 Å². The molecular formula is C20H22N4O4. The van der Waals surface area contributed by atoms with Crippen LogP contribution in [0, 0.1) is 17.2 Å². The molecule has 2 heterocycles. The maximum Gasteiger partial charge on any atom is 0.329 e. The van der Waals surface area contributed by atoms with E-state index in [1.165, 1.54) is 7.11 Å². The zero-order chi connectivity index (χ0) is 20.1. The van der Waals surface area contributed by atoms with E-state index in [2.05, 4.69) is 9.97 Å². The highest BCUT2D eigenvalue weighted by Crippen LogP contribution is 2.31. The van der Waals surface area contributed by atoms with Crippen LogP contribution >= 0.6 is 0 Å². The largest absolute Gasteiger partial charge is 0.469 e. The van der Waals surface area contributed by atoms with Gasteiger partial charge >= 0.3 is 11.9 Å². The lowest BCUT2D eigenvalue weighted by molar-refractivity contribution is -0.146. The highest BCUT2D eigenvalue weighted by Gasteiger charge is 2.32. The zero-order valence-electron chi connectivity index (χ0n) is 15.9. The second-order valence-corrected chi connectivity index (χ2v) is 6.52. The van der Waals surface area contributed by atoms with Gasteiger partial charge in [0.05, 0.1) is 36.7 Å². The van der Waals surface area contributed by atoms with Crippen LogP contribution in [0.1, 0.15) is 31.4 Å². The van der Waals surface area contributed by atoms with Crippen molar-refractivity contribution in [1.29, 1.82) is 5.26 Å². The van der Waals surface area contributed by atoms with Crippen LogP contribution in [-0.4, -0.2) is 48.7 Å². The number of nitrogens with zero attached hydrogens (tertiary/aromatic N) is 4. The van der Waals surface area contributed by atoms with Gasteiger partial charge in [-0.25, -0.2) is 9.97 Å². The van der Waals surface area contributed by atoms with E-state index in [1.54, 1.807) is 13.0 Å². The van der Waals surface area contributed by atoms with Crippen LogP contribution in [0.4, 0.5) is 5.82 Å². The molecule has 1 saturated heterocycles. The maximum atomic E-state index is 12.3. The molecule has 1 aliphatic heterocycles. The minimum atomic E-state index is -1.16. The zero-order valence-corrected chi connectivity index (χ0v) is 15.9. The van der Waals surface area contributed by atoms with Gasteiger partial charge < -0.3 is 14.4 Å². The normalized spacial score (nSPS) is 15.7. The summed E-state index contributed by atoms with van der Waals surface area (Å²) in [5.41, 5.74) is 1.57. The van der Waals surface area contributed by atoms with Gasteiger partial charge in [-0.15, -0.1) is 0 Å². The van der Waals surface area contributed by atoms with Crippen molar-refractivity contribution in [1.82, 2.24) is 9.97 Å². The Morgan fingerprint density at radius 3 is 2.46 bits per heavy atom. The molecule has 0 aliphatic carbocycles. The Kier molecular flexibility index (Phi) is 6.04. The van der Waals surface area contributed by atoms with E-state index in [9.17, 15) is 14.9 Å². The molecule has 1 atom stereocenters. The third-order valence-corrected chi connectivity index (χ3v) is 4.83. The Morgan fingerprint density at radius 1 is 1.25 bits per heavy atom. The first kappa shape index (κ1) is 19.5. The smallest absolute Gasteiger partial charge is 0.329 e. The number of anilines is 1. The molecular weight excluding hydrogens is 360 g/mol. The number of carbonyl (C=O) groups excluding carboxylic acids is 2. The van der Waals surface area contributed by atoms with E-state index in [-0.39, 0.29) is 24.2 Å². The third-order valence-electron chi connectivity index (χ3n) is 4.83. The predicted octanol–water partition coefficient (Wildman–Crippen LogP) is 2.19. The summed E-state index contributed by atoms with van der Waals surface area (Å²) in [6.07, 6.45) is 1.22. The van der Waals surface area contributed by atoms with Gasteiger partial charge in [-0.1, -0.05) is 12.1 Å². The summed E-state index contributed by atoms with van der Waals surface area (Å²) in [6.45, 7) is 2.98. The minimum Gasteiger partial charge on any atom is -0.469 e. The molecule has 1 unspecified atom stereocenters. The van der Waals surface area contributed by atoms with Crippen molar-refractivity contribution >= 4 is 28.8 Å². The molecule has 1 aromatic heterocycles. The first-order valence-electron chi connectivity index (χ1n) is 9.24. The minimum absolute atomic E-state index is 0.157. The van der Waals surface area contributed by atoms with Crippen LogP contribution in [-0.2, 0) is 19.1 Å². The van der Waals surface area contributed by atoms with E-state index >= 15 is 0 Å². The first-order valence-corrected chi connectivity index (χ1v) is 9.24. The Bertz CT molecular complexity index is 916. The van der Waals surface area contributed by atoms with E-state index in [4.69, 9.17) is 9.47 Å². The number of aromatic nitrogens is 2. The van der Waals surface area contributed by atoms with Crippen LogP contribution in [0.2, 0.25) is 0 Å². The van der Waals surface area contributed by atoms with Crippen molar-refractivity contribution in [2.45, 2.75) is 25.7 Å². The molecule has 2 aromatic rings. The van der Waals surface area contributed by atoms with Gasteiger partial charge in [0, 0.05) is 13.1 Å². The number of methoxy groups -OCH3 is 1. The summed E-state index contributed by atoms with van der Waals surface area (Å²) in [5.74, 6) is -1.69. The van der Waals surface area contributed by atoms with Crippen molar-refractivity contribution in [2.24, 2.45) is 5.92 Å². The molecule has 1 aliphatic rings. The van der Waals surface area contributed by atoms with E-state index in [0.717, 1.165) is 0 Å². The Hall–Kier alpha value is -3.21. The Labute approximate surface area is 163 Å². The molecule has 3 rings (SSSR count). The highest BCUT2D eigenvalue weighted by molar-refractivity contribution is 5.85. The molecule has 0 radical (unpaired) electrons. The fourth-order valence-electron chi connectivity index (χ4n) is 3.38. The number of para-hydroxylation sites is 2. The number of piperidine rings is 1. The molecule has 0 spiro atoms. The third kappa shape index (κ3) is 3.88. The topological polar surface area (TPSA) is 105 Å². The number of hydrogen-bond acceptors (Lipinski definition) is 8. The molecule has 28 heavy (non-hydrogen) atoms. The van der Waals surface area contributed by atoms with Crippen LogP contribution in [0.15, 0.2) is 24.3 Å². The lowest BCUT2D eigenvalue weighted by Gasteiger charge is -2.32. The van der Waals surface area contributed by atoms with Gasteiger partial charge in [-0.3, -0.25) is 9.59 Å². The van der Waals surface area contributed by atoms with Crippen LogP contribution in [0.5, 0.6) is 0 Å². The fourth-order valence-corrected chi connectivity index (χ4v) is 3.38. The van der Waals surface area contributed by atoms with Gasteiger partial charge in [0.15, 0.2) is 11.7 Å². The Balaban J connectivity index is 1.99. The van der Waals surface area contributed by atoms with Crippen LogP contribution in [0.25, 0.3) is 11.0 Å². The SMILES string of the molecule is CCOC(=O)C(C#N)c1nc2ccccc2nc1N1CCC(C(=O)OC)CC1. The number of benzene rings is 1. The summed E-state index contributed by atoms with van der Waals surface area (Å²) in [5, 5.41) is 9.62. The van der Waals surface area contributed by atoms with E-state index in [0.29, 0.717) is 42.8 Å². The highest BCUT2D eigenvalue weighted by atomic mass is 16.5. The van der Waals surface area contributed by atoms with Crippen molar-refractivity contribution in [2.75, 3.05) is 31.7 Å². The van der Waals surface area contributed by atoms with Gasteiger partial charge in [0.2, 0.25) is 0 Å². The summed E-state index contributed by atoms with van der Waals surface area (Å²) in [6, 6.07) is 9.32. The number of ether oxygens (including phenoxy) is 2. The quantitative estimate of drug-likeness (QED) is 0.725. The lowest BCUT2D eigenvalue weighted by Crippen LogP contribution is -2.38. The monoisotopic (exact) mass is 382 g/mol. The Morgan fingerprint density at radius 2 is 1.89 bits per heavy atom. The number of hydrogen-bond donors (Lipinski definition) is 0. The summed E-state index contributed by atoms with van der Waals surface area (Å²) in [7, 11) is 1.39. The molecule has 0 saturated carbocycles. The first-order chi connectivity index (χ1) is 13.6. The van der Waals surface area contributed by atoms with E-state index in [1.807, 2.05) is 29.2 Å². The van der Waals surface area contributed by atoms with Gasteiger partial charge in [-0.2, -0.15) is 5.26 Å². The molecule has 1 fully saturated rings. The summed E-state index contributed by atoms with van der Waals surface area (Å²) < 4.78 is 9.89. The summed E-state index contributed by atoms with van der Waals surface area (Å²) in [4.78, 5) is 35.4.